The molecular weight excluding hydrogens is 684 g/mol. The largest absolute Gasteiger partial charge is 0.414 e. The van der Waals surface area contributed by atoms with Gasteiger partial charge in [0.25, 0.3) is 0 Å². The second-order valence-electron chi connectivity index (χ2n) is 22.0. The van der Waals surface area contributed by atoms with E-state index in [4.69, 9.17) is 25.2 Å². The molecule has 51 heavy (non-hydrogen) atoms. The van der Waals surface area contributed by atoms with Crippen LogP contribution in [0.3, 0.4) is 0 Å². The second kappa shape index (κ2) is 15.2. The first kappa shape index (κ1) is 43.8. The Morgan fingerprint density at radius 1 is 0.804 bits per heavy atom. The Morgan fingerprint density at radius 3 is 1.73 bits per heavy atom. The molecule has 5 fully saturated rings. The third-order valence-corrected chi connectivity index (χ3v) is 25.5. The second-order valence-corrected chi connectivity index (χ2v) is 31.8. The SMILES string of the molecule is C=C(CCl)C[C@](C)(O)[C@H]1CC[C@H]2[C@@H](O[Si](C)(C)C(C)(C)C)CCC[C@@]21C.C=C1CO[C@](C)([C@H]2CC[C@H]3[C@@H](O[Si](C)(C)C(C)(C)C)CCC[C@@]32C)C1. The van der Waals surface area contributed by atoms with E-state index in [0.29, 0.717) is 53.6 Å². The molecule has 1 N–H and O–H groups in total. The van der Waals surface area contributed by atoms with Crippen molar-refractivity contribution in [3.05, 3.63) is 24.3 Å². The maximum atomic E-state index is 11.3. The number of rotatable bonds is 9. The molecule has 5 rings (SSSR count). The van der Waals surface area contributed by atoms with E-state index in [9.17, 15) is 5.11 Å². The molecule has 0 unspecified atom stereocenters. The van der Waals surface area contributed by atoms with Crippen LogP contribution < -0.4 is 0 Å². The van der Waals surface area contributed by atoms with E-state index in [2.05, 4.69) is 102 Å². The number of fused-ring (bicyclic) bond motifs is 2. The predicted molar refractivity (Wildman–Crippen MR) is 224 cm³/mol. The Labute approximate surface area is 322 Å². The lowest BCUT2D eigenvalue weighted by Crippen LogP contribution is -2.52. The van der Waals surface area contributed by atoms with Gasteiger partial charge in [-0.25, -0.2) is 0 Å². The molecular formula is C44H81ClO4Si2. The van der Waals surface area contributed by atoms with Crippen molar-refractivity contribution in [1.82, 2.24) is 0 Å². The summed E-state index contributed by atoms with van der Waals surface area (Å²) in [6.45, 7) is 41.9. The van der Waals surface area contributed by atoms with Crippen molar-refractivity contribution in [3.8, 4) is 0 Å². The minimum Gasteiger partial charge on any atom is -0.414 e. The third-order valence-electron chi connectivity index (χ3n) is 16.1. The Morgan fingerprint density at radius 2 is 1.27 bits per heavy atom. The molecule has 0 spiro atoms. The number of hydrogen-bond donors (Lipinski definition) is 1. The van der Waals surface area contributed by atoms with Gasteiger partial charge < -0.3 is 18.7 Å². The quantitative estimate of drug-likeness (QED) is 0.144. The summed E-state index contributed by atoms with van der Waals surface area (Å²) in [5.41, 5.74) is 2.01. The van der Waals surface area contributed by atoms with E-state index in [1.54, 1.807) is 0 Å². The highest BCUT2D eigenvalue weighted by atomic mass is 35.5. The molecule has 5 aliphatic rings. The highest BCUT2D eigenvalue weighted by molar-refractivity contribution is 6.74. The summed E-state index contributed by atoms with van der Waals surface area (Å²) >= 11 is 5.95. The van der Waals surface area contributed by atoms with Crippen LogP contribution in [0.5, 0.6) is 0 Å². The fourth-order valence-electron chi connectivity index (χ4n) is 11.4. The van der Waals surface area contributed by atoms with Crippen molar-refractivity contribution in [1.29, 1.82) is 0 Å². The van der Waals surface area contributed by atoms with Crippen LogP contribution in [-0.2, 0) is 13.6 Å². The Balaban J connectivity index is 0.000000229. The fourth-order valence-corrected chi connectivity index (χ4v) is 14.3. The van der Waals surface area contributed by atoms with Gasteiger partial charge in [0.2, 0.25) is 0 Å². The lowest BCUT2D eigenvalue weighted by atomic mass is 9.60. The smallest absolute Gasteiger partial charge is 0.192 e. The molecule has 7 heteroatoms. The van der Waals surface area contributed by atoms with Crippen LogP contribution in [-0.4, -0.2) is 57.6 Å². The lowest BCUT2D eigenvalue weighted by Gasteiger charge is -2.51. The third kappa shape index (κ3) is 8.88. The van der Waals surface area contributed by atoms with E-state index in [0.717, 1.165) is 25.0 Å². The van der Waals surface area contributed by atoms with Crippen LogP contribution in [0.25, 0.3) is 0 Å². The number of halogens is 1. The summed E-state index contributed by atoms with van der Waals surface area (Å²) in [5, 5.41) is 11.8. The van der Waals surface area contributed by atoms with Gasteiger partial charge in [-0.15, -0.1) is 11.6 Å². The first-order chi connectivity index (χ1) is 23.1. The predicted octanol–water partition coefficient (Wildman–Crippen LogP) is 12.9. The number of ether oxygens (including phenoxy) is 1. The maximum Gasteiger partial charge on any atom is 0.192 e. The van der Waals surface area contributed by atoms with Crippen molar-refractivity contribution in [2.45, 2.75) is 206 Å². The molecule has 1 heterocycles. The van der Waals surface area contributed by atoms with Gasteiger partial charge in [-0.1, -0.05) is 87.0 Å². The molecule has 0 aromatic carbocycles. The standard InChI is InChI=1S/C22H41ClO2Si.C22H40O2Si/c1-16(15-23)14-22(6,24)19-12-11-17-18(10-9-13-21(17,19)5)25-26(7,8)20(2,3)4;1-16-14-22(6,23-15-16)19-12-11-17-18(10-9-13-21(17,19)5)24-25(7,8)20(2,3)4/h17-19,24H,1,9-15H2,2-8H3;17-19H,1,9-15H2,2-8H3/t2*17-,18-,19-,21-,22-/m00/s1. The molecule has 1 aliphatic heterocycles. The zero-order chi connectivity index (χ0) is 38.6. The van der Waals surface area contributed by atoms with Gasteiger partial charge in [0.05, 0.1) is 17.8 Å². The van der Waals surface area contributed by atoms with Crippen LogP contribution in [0.15, 0.2) is 24.3 Å². The van der Waals surface area contributed by atoms with Crippen molar-refractivity contribution in [3.63, 3.8) is 0 Å². The molecule has 10 atom stereocenters. The molecule has 0 aromatic rings. The summed E-state index contributed by atoms with van der Waals surface area (Å²) in [5.74, 6) is 2.64. The van der Waals surface area contributed by atoms with Gasteiger partial charge in [-0.2, -0.15) is 0 Å². The summed E-state index contributed by atoms with van der Waals surface area (Å²) < 4.78 is 20.2. The van der Waals surface area contributed by atoms with Crippen molar-refractivity contribution in [2.75, 3.05) is 12.5 Å². The number of aliphatic hydroxyl groups is 1. The van der Waals surface area contributed by atoms with E-state index < -0.39 is 22.2 Å². The molecule has 0 aromatic heterocycles. The zero-order valence-corrected chi connectivity index (χ0v) is 38.6. The van der Waals surface area contributed by atoms with E-state index in [1.807, 2.05) is 6.92 Å². The van der Waals surface area contributed by atoms with Gasteiger partial charge in [-0.3, -0.25) is 0 Å². The Hall–Kier alpha value is 0.0438. The molecule has 4 nitrogen and oxygen atoms in total. The van der Waals surface area contributed by atoms with Crippen molar-refractivity contribution >= 4 is 28.2 Å². The Kier molecular flexibility index (Phi) is 13.0. The fraction of sp³-hybridized carbons (Fsp3) is 0.909. The van der Waals surface area contributed by atoms with E-state index >= 15 is 0 Å². The molecule has 0 amide bonds. The first-order valence-electron chi connectivity index (χ1n) is 20.7. The van der Waals surface area contributed by atoms with Crippen LogP contribution >= 0.6 is 11.6 Å². The molecule has 1 saturated heterocycles. The highest BCUT2D eigenvalue weighted by Crippen LogP contribution is 2.63. The molecule has 0 bridgehead atoms. The van der Waals surface area contributed by atoms with Gasteiger partial charge in [-0.05, 0) is 154 Å². The van der Waals surface area contributed by atoms with Gasteiger partial charge >= 0.3 is 0 Å². The van der Waals surface area contributed by atoms with E-state index in [1.165, 1.54) is 63.4 Å². The molecule has 4 aliphatic carbocycles. The normalized spacial score (nSPS) is 38.8. The van der Waals surface area contributed by atoms with Crippen LogP contribution in [0.4, 0.5) is 0 Å². The minimum absolute atomic E-state index is 0.000549. The van der Waals surface area contributed by atoms with Gasteiger partial charge in [0.15, 0.2) is 16.6 Å². The topological polar surface area (TPSA) is 47.9 Å². The average molecular weight is 766 g/mol. The molecule has 296 valence electrons. The zero-order valence-electron chi connectivity index (χ0n) is 35.8. The lowest BCUT2D eigenvalue weighted by molar-refractivity contribution is -0.0971. The minimum atomic E-state index is -1.78. The van der Waals surface area contributed by atoms with Crippen LogP contribution in [0.2, 0.25) is 36.3 Å². The Bertz CT molecular complexity index is 1250. The van der Waals surface area contributed by atoms with Crippen LogP contribution in [0, 0.1) is 34.5 Å². The number of hydrogen-bond acceptors (Lipinski definition) is 4. The first-order valence-corrected chi connectivity index (χ1v) is 27.1. The molecule has 0 radical (unpaired) electrons. The highest BCUT2D eigenvalue weighted by Gasteiger charge is 2.60. The summed E-state index contributed by atoms with van der Waals surface area (Å²) in [7, 11) is -3.49. The monoisotopic (exact) mass is 765 g/mol. The number of alkyl halides is 1. The van der Waals surface area contributed by atoms with Crippen molar-refractivity contribution in [2.24, 2.45) is 34.5 Å². The molecule has 4 saturated carbocycles. The van der Waals surface area contributed by atoms with Crippen LogP contribution in [0.1, 0.15) is 146 Å². The summed E-state index contributed by atoms with van der Waals surface area (Å²) in [4.78, 5) is 0. The van der Waals surface area contributed by atoms with Crippen molar-refractivity contribution < 1.29 is 18.7 Å². The van der Waals surface area contributed by atoms with E-state index in [-0.39, 0.29) is 21.1 Å². The van der Waals surface area contributed by atoms with Gasteiger partial charge in [0, 0.05) is 18.1 Å². The summed E-state index contributed by atoms with van der Waals surface area (Å²) in [6.07, 6.45) is 14.8. The van der Waals surface area contributed by atoms with Gasteiger partial charge in [0.1, 0.15) is 0 Å². The summed E-state index contributed by atoms with van der Waals surface area (Å²) in [6, 6.07) is 0. The average Bonchev–Trinajstić information content (AvgIpc) is 3.64. The maximum absolute atomic E-state index is 11.3.